The first-order valence-electron chi connectivity index (χ1n) is 13.6. The molecule has 1 saturated heterocycles. The second-order valence-electron chi connectivity index (χ2n) is 10.1. The predicted octanol–water partition coefficient (Wildman–Crippen LogP) is 5.94. The molecule has 0 unspecified atom stereocenters. The van der Waals surface area contributed by atoms with Gasteiger partial charge in [0, 0.05) is 41.4 Å². The van der Waals surface area contributed by atoms with Crippen LogP contribution in [-0.2, 0) is 16.2 Å². The second kappa shape index (κ2) is 12.3. The lowest BCUT2D eigenvalue weighted by atomic mass is 9.97. The van der Waals surface area contributed by atoms with Crippen LogP contribution in [0, 0.1) is 5.92 Å². The summed E-state index contributed by atoms with van der Waals surface area (Å²) in [5.74, 6) is 0.0585. The molecule has 2 aliphatic rings. The first-order chi connectivity index (χ1) is 20.4. The molecule has 212 valence electrons. The molecule has 0 spiro atoms. The van der Waals surface area contributed by atoms with E-state index in [1.54, 1.807) is 0 Å². The summed E-state index contributed by atoms with van der Waals surface area (Å²) in [4.78, 5) is 31.4. The van der Waals surface area contributed by atoms with E-state index in [9.17, 15) is 9.59 Å². The van der Waals surface area contributed by atoms with Gasteiger partial charge in [-0.05, 0) is 84.8 Å². The van der Waals surface area contributed by atoms with E-state index < -0.39 is 0 Å². The molecule has 0 saturated carbocycles. The van der Waals surface area contributed by atoms with Gasteiger partial charge in [0.25, 0.3) is 5.91 Å². The Kier molecular flexibility index (Phi) is 8.12. The average molecular weight is 598 g/mol. The number of hydrogen-bond acceptors (Lipinski definition) is 6. The highest BCUT2D eigenvalue weighted by Gasteiger charge is 2.31. The zero-order valence-corrected chi connectivity index (χ0v) is 24.2. The number of carbonyl (C=O) groups is 2. The quantitative estimate of drug-likeness (QED) is 0.265. The fourth-order valence-corrected chi connectivity index (χ4v) is 6.00. The van der Waals surface area contributed by atoms with Crippen LogP contribution in [0.5, 0.6) is 5.75 Å². The van der Waals surface area contributed by atoms with Crippen molar-refractivity contribution >= 4 is 46.4 Å². The van der Waals surface area contributed by atoms with Gasteiger partial charge in [0.1, 0.15) is 12.4 Å². The Bertz CT molecular complexity index is 1660. The molecule has 2 N–H and O–H groups in total. The molecule has 0 aliphatic carbocycles. The zero-order valence-electron chi connectivity index (χ0n) is 22.7. The van der Waals surface area contributed by atoms with Crippen molar-refractivity contribution in [3.05, 3.63) is 106 Å². The topological polar surface area (TPSA) is 103 Å². The van der Waals surface area contributed by atoms with Crippen LogP contribution in [0.3, 0.4) is 0 Å². The van der Waals surface area contributed by atoms with E-state index >= 15 is 0 Å². The Morgan fingerprint density at radius 3 is 2.43 bits per heavy atom. The van der Waals surface area contributed by atoms with Gasteiger partial charge in [-0.15, -0.1) is 0 Å². The highest BCUT2D eigenvalue weighted by atomic mass is 35.5. The maximum atomic E-state index is 13.0. The van der Waals surface area contributed by atoms with E-state index in [1.165, 1.54) is 11.8 Å². The van der Waals surface area contributed by atoms with Gasteiger partial charge >= 0.3 is 0 Å². The van der Waals surface area contributed by atoms with Crippen LogP contribution in [0.4, 0.5) is 0 Å². The average Bonchev–Trinajstić information content (AvgIpc) is 3.61. The van der Waals surface area contributed by atoms with E-state index in [1.807, 2.05) is 95.8 Å². The van der Waals surface area contributed by atoms with Crippen molar-refractivity contribution < 1.29 is 14.3 Å². The minimum atomic E-state index is -0.281. The largest absolute Gasteiger partial charge is 0.489 e. The number of benzene rings is 3. The molecule has 8 nitrogen and oxygen atoms in total. The number of nitrogens with two attached hydrogens (primary N) is 1. The fraction of sp³-hybridized carbons (Fsp3) is 0.188. The molecule has 3 aromatic carbocycles. The Balaban J connectivity index is 1.23. The molecule has 3 heterocycles. The molecular formula is C32H28ClN5O3S. The maximum Gasteiger partial charge on any atom is 0.286 e. The van der Waals surface area contributed by atoms with Gasteiger partial charge < -0.3 is 15.4 Å². The number of piperidine rings is 1. The highest BCUT2D eigenvalue weighted by molar-refractivity contribution is 8.18. The summed E-state index contributed by atoms with van der Waals surface area (Å²) in [6, 6.07) is 25.1. The zero-order chi connectivity index (χ0) is 29.1. The molecular weight excluding hydrogens is 570 g/mol. The smallest absolute Gasteiger partial charge is 0.286 e. The van der Waals surface area contributed by atoms with Crippen LogP contribution in [0.25, 0.3) is 23.0 Å². The summed E-state index contributed by atoms with van der Waals surface area (Å²) in [7, 11) is 0. The van der Waals surface area contributed by atoms with E-state index in [0.717, 1.165) is 33.8 Å². The van der Waals surface area contributed by atoms with Gasteiger partial charge in [-0.25, -0.2) is 4.68 Å². The SMILES string of the molecule is NC(=O)C1CCN(C2=NC(=O)C(=Cc3cn(-c4ccccc4)nc3-c3ccc(OCc4ccc(Cl)cc4)cc3)S2)CC1. The number of rotatable bonds is 7. The number of hydrogen-bond donors (Lipinski definition) is 1. The Hall–Kier alpha value is -4.34. The van der Waals surface area contributed by atoms with Crippen LogP contribution in [-0.4, -0.2) is 44.8 Å². The van der Waals surface area contributed by atoms with Crippen molar-refractivity contribution in [2.24, 2.45) is 16.6 Å². The van der Waals surface area contributed by atoms with Gasteiger partial charge in [-0.3, -0.25) is 9.59 Å². The van der Waals surface area contributed by atoms with Crippen LogP contribution in [0.1, 0.15) is 24.0 Å². The van der Waals surface area contributed by atoms with E-state index in [2.05, 4.69) is 9.89 Å². The minimum Gasteiger partial charge on any atom is -0.489 e. The number of carbonyl (C=O) groups excluding carboxylic acids is 2. The number of aliphatic imine (C=N–C) groups is 1. The van der Waals surface area contributed by atoms with Crippen LogP contribution in [0.2, 0.25) is 5.02 Å². The monoisotopic (exact) mass is 597 g/mol. The maximum absolute atomic E-state index is 13.0. The number of likely N-dealkylation sites (tertiary alicyclic amines) is 1. The van der Waals surface area contributed by atoms with Crippen molar-refractivity contribution in [3.63, 3.8) is 0 Å². The third-order valence-electron chi connectivity index (χ3n) is 7.27. The van der Waals surface area contributed by atoms with Gasteiger partial charge in [-0.1, -0.05) is 41.9 Å². The van der Waals surface area contributed by atoms with Crippen LogP contribution < -0.4 is 10.5 Å². The molecule has 42 heavy (non-hydrogen) atoms. The third kappa shape index (κ3) is 6.27. The molecule has 0 bridgehead atoms. The van der Waals surface area contributed by atoms with Crippen molar-refractivity contribution in [1.29, 1.82) is 0 Å². The number of amides is 2. The number of halogens is 1. The summed E-state index contributed by atoms with van der Waals surface area (Å²) in [6.45, 7) is 1.71. The number of para-hydroxylation sites is 1. The van der Waals surface area contributed by atoms with Gasteiger partial charge in [0.2, 0.25) is 5.91 Å². The summed E-state index contributed by atoms with van der Waals surface area (Å²) in [5, 5.41) is 6.24. The summed E-state index contributed by atoms with van der Waals surface area (Å²) in [6.07, 6.45) is 5.10. The van der Waals surface area contributed by atoms with Crippen LogP contribution in [0.15, 0.2) is 95.0 Å². The van der Waals surface area contributed by atoms with Crippen molar-refractivity contribution in [1.82, 2.24) is 14.7 Å². The van der Waals surface area contributed by atoms with Crippen molar-refractivity contribution in [2.75, 3.05) is 13.1 Å². The van der Waals surface area contributed by atoms with Crippen LogP contribution >= 0.6 is 23.4 Å². The molecule has 2 amide bonds. The number of nitrogens with zero attached hydrogens (tertiary/aromatic N) is 4. The first kappa shape index (κ1) is 27.8. The molecule has 4 aromatic rings. The van der Waals surface area contributed by atoms with E-state index in [0.29, 0.717) is 47.6 Å². The van der Waals surface area contributed by atoms with Crippen molar-refractivity contribution in [3.8, 4) is 22.7 Å². The first-order valence-corrected chi connectivity index (χ1v) is 14.8. The molecule has 6 rings (SSSR count). The van der Waals surface area contributed by atoms with E-state index in [4.69, 9.17) is 27.2 Å². The lowest BCUT2D eigenvalue weighted by Crippen LogP contribution is -2.40. The van der Waals surface area contributed by atoms with Crippen molar-refractivity contribution in [2.45, 2.75) is 19.4 Å². The van der Waals surface area contributed by atoms with Gasteiger partial charge in [0.05, 0.1) is 16.3 Å². The summed E-state index contributed by atoms with van der Waals surface area (Å²) < 4.78 is 7.78. The fourth-order valence-electron chi connectivity index (χ4n) is 4.92. The number of thioether (sulfide) groups is 1. The molecule has 1 fully saturated rings. The summed E-state index contributed by atoms with van der Waals surface area (Å²) in [5.41, 5.74) is 9.84. The minimum absolute atomic E-state index is 0.125. The second-order valence-corrected chi connectivity index (χ2v) is 11.6. The van der Waals surface area contributed by atoms with E-state index in [-0.39, 0.29) is 17.7 Å². The lowest BCUT2D eigenvalue weighted by molar-refractivity contribution is -0.123. The third-order valence-corrected chi connectivity index (χ3v) is 8.57. The number of ether oxygens (including phenoxy) is 1. The molecule has 0 radical (unpaired) electrons. The number of amidine groups is 1. The summed E-state index contributed by atoms with van der Waals surface area (Å²) >= 11 is 7.33. The number of primary amides is 1. The standard InChI is InChI=1S/C32H28ClN5O3S/c33-25-10-6-21(7-11-25)20-41-27-12-8-22(9-13-27)29-24(19-38(36-29)26-4-2-1-3-5-26)18-28-31(40)35-32(42-28)37-16-14-23(15-17-37)30(34)39/h1-13,18-19,23H,14-17,20H2,(H2,34,39). The normalized spacial score (nSPS) is 16.6. The predicted molar refractivity (Wildman–Crippen MR) is 166 cm³/mol. The number of aromatic nitrogens is 2. The molecule has 2 aliphatic heterocycles. The highest BCUT2D eigenvalue weighted by Crippen LogP contribution is 2.35. The molecule has 0 atom stereocenters. The Morgan fingerprint density at radius 1 is 1.02 bits per heavy atom. The molecule has 1 aromatic heterocycles. The Morgan fingerprint density at radius 2 is 1.74 bits per heavy atom. The Labute approximate surface area is 252 Å². The van der Waals surface area contributed by atoms with Gasteiger partial charge in [0.15, 0.2) is 5.17 Å². The molecule has 10 heteroatoms. The lowest BCUT2D eigenvalue weighted by Gasteiger charge is -2.31. The van der Waals surface area contributed by atoms with Gasteiger partial charge in [-0.2, -0.15) is 10.1 Å².